The molecule has 2 aliphatic heterocycles. The summed E-state index contributed by atoms with van der Waals surface area (Å²) < 4.78 is 0. The second-order valence-electron chi connectivity index (χ2n) is 7.57. The fourth-order valence-corrected chi connectivity index (χ4v) is 3.43. The number of rotatable bonds is 4. The van der Waals surface area contributed by atoms with Crippen molar-refractivity contribution in [2.75, 3.05) is 45.1 Å². The lowest BCUT2D eigenvalue weighted by molar-refractivity contribution is 0.0793. The number of nitrogens with zero attached hydrogens (tertiary/aromatic N) is 3. The highest BCUT2D eigenvalue weighted by molar-refractivity contribution is 5.99. The van der Waals surface area contributed by atoms with Crippen LogP contribution in [0.5, 0.6) is 0 Å². The number of carbonyl (C=O) groups is 1. The predicted octanol–water partition coefficient (Wildman–Crippen LogP) is 2.42. The third kappa shape index (κ3) is 3.89. The molecule has 0 radical (unpaired) electrons. The number of likely N-dealkylation sites (tertiary alicyclic amines) is 1. The van der Waals surface area contributed by atoms with Crippen LogP contribution in [0, 0.1) is 5.92 Å². The summed E-state index contributed by atoms with van der Waals surface area (Å²) in [6.45, 7) is 9.01. The maximum Gasteiger partial charge on any atom is 0.257 e. The molecule has 24 heavy (non-hydrogen) atoms. The van der Waals surface area contributed by atoms with Crippen LogP contribution < -0.4 is 5.32 Å². The average Bonchev–Trinajstić information content (AvgIpc) is 3.04. The van der Waals surface area contributed by atoms with Crippen molar-refractivity contribution in [3.8, 4) is 0 Å². The molecule has 5 nitrogen and oxygen atoms in total. The van der Waals surface area contributed by atoms with Gasteiger partial charge in [-0.1, -0.05) is 13.8 Å². The first-order chi connectivity index (χ1) is 11.5. The first-order valence-corrected chi connectivity index (χ1v) is 9.29. The van der Waals surface area contributed by atoms with Crippen LogP contribution in [0.3, 0.4) is 0 Å². The number of nitrogens with one attached hydrogen (secondary N) is 1. The van der Waals surface area contributed by atoms with E-state index in [2.05, 4.69) is 37.2 Å². The molecule has 0 unspecified atom stereocenters. The van der Waals surface area contributed by atoms with Gasteiger partial charge in [0.1, 0.15) is 5.82 Å². The Hall–Kier alpha value is -1.62. The van der Waals surface area contributed by atoms with Crippen molar-refractivity contribution in [1.82, 2.24) is 14.8 Å². The third-order valence-electron chi connectivity index (χ3n) is 4.99. The Bertz CT molecular complexity index is 593. The SMILES string of the molecule is CC(C)CNc1nc2c(cc1C(=O)N1CCCC1)CCN(C)CC2. The minimum atomic E-state index is 0.145. The normalized spacial score (nSPS) is 18.6. The van der Waals surface area contributed by atoms with E-state index in [4.69, 9.17) is 4.98 Å². The van der Waals surface area contributed by atoms with Crippen LogP contribution in [-0.2, 0) is 12.8 Å². The van der Waals surface area contributed by atoms with Crippen LogP contribution in [-0.4, -0.2) is 60.5 Å². The second-order valence-corrected chi connectivity index (χ2v) is 7.57. The van der Waals surface area contributed by atoms with E-state index in [1.54, 1.807) is 0 Å². The van der Waals surface area contributed by atoms with E-state index in [1.165, 1.54) is 5.56 Å². The Balaban J connectivity index is 1.92. The molecule has 0 atom stereocenters. The number of fused-ring (bicyclic) bond motifs is 1. The summed E-state index contributed by atoms with van der Waals surface area (Å²) in [5.74, 6) is 1.45. The zero-order valence-electron chi connectivity index (χ0n) is 15.3. The van der Waals surface area contributed by atoms with Crippen molar-refractivity contribution < 1.29 is 4.79 Å². The quantitative estimate of drug-likeness (QED) is 0.921. The van der Waals surface area contributed by atoms with E-state index in [9.17, 15) is 4.79 Å². The highest BCUT2D eigenvalue weighted by Crippen LogP contribution is 2.24. The van der Waals surface area contributed by atoms with Crippen molar-refractivity contribution in [3.05, 3.63) is 22.9 Å². The van der Waals surface area contributed by atoms with Gasteiger partial charge in [-0.3, -0.25) is 4.79 Å². The van der Waals surface area contributed by atoms with Crippen LogP contribution in [0.1, 0.15) is 48.3 Å². The van der Waals surface area contributed by atoms with Gasteiger partial charge in [-0.2, -0.15) is 0 Å². The molecular weight excluding hydrogens is 300 g/mol. The minimum Gasteiger partial charge on any atom is -0.369 e. The van der Waals surface area contributed by atoms with Crippen LogP contribution in [0.15, 0.2) is 6.07 Å². The van der Waals surface area contributed by atoms with E-state index in [0.29, 0.717) is 5.92 Å². The molecule has 1 aromatic rings. The Morgan fingerprint density at radius 2 is 1.92 bits per heavy atom. The molecule has 1 amide bonds. The number of amides is 1. The minimum absolute atomic E-state index is 0.145. The number of hydrogen-bond donors (Lipinski definition) is 1. The number of likely N-dealkylation sites (N-methyl/N-ethyl adjacent to an activating group) is 1. The van der Waals surface area contributed by atoms with Crippen molar-refractivity contribution in [1.29, 1.82) is 0 Å². The molecule has 132 valence electrons. The van der Waals surface area contributed by atoms with E-state index in [-0.39, 0.29) is 5.91 Å². The zero-order valence-corrected chi connectivity index (χ0v) is 15.3. The molecule has 1 saturated heterocycles. The Morgan fingerprint density at radius 1 is 1.21 bits per heavy atom. The summed E-state index contributed by atoms with van der Waals surface area (Å²) in [6.07, 6.45) is 4.16. The van der Waals surface area contributed by atoms with Crippen LogP contribution in [0.2, 0.25) is 0 Å². The number of hydrogen-bond acceptors (Lipinski definition) is 4. The van der Waals surface area contributed by atoms with E-state index in [1.807, 2.05) is 4.90 Å². The molecule has 0 bridgehead atoms. The summed E-state index contributed by atoms with van der Waals surface area (Å²) in [7, 11) is 2.15. The molecule has 1 N–H and O–H groups in total. The molecule has 5 heteroatoms. The smallest absolute Gasteiger partial charge is 0.257 e. The van der Waals surface area contributed by atoms with Gasteiger partial charge in [0, 0.05) is 44.8 Å². The van der Waals surface area contributed by atoms with Crippen molar-refractivity contribution in [3.63, 3.8) is 0 Å². The lowest BCUT2D eigenvalue weighted by Crippen LogP contribution is -2.29. The molecule has 1 fully saturated rings. The van der Waals surface area contributed by atoms with Gasteiger partial charge in [0.05, 0.1) is 5.56 Å². The van der Waals surface area contributed by atoms with Crippen molar-refractivity contribution in [2.24, 2.45) is 5.92 Å². The van der Waals surface area contributed by atoms with E-state index in [0.717, 1.165) is 75.5 Å². The van der Waals surface area contributed by atoms with Crippen LogP contribution >= 0.6 is 0 Å². The van der Waals surface area contributed by atoms with Gasteiger partial charge in [0.25, 0.3) is 5.91 Å². The summed E-state index contributed by atoms with van der Waals surface area (Å²) in [6, 6.07) is 2.12. The van der Waals surface area contributed by atoms with Gasteiger partial charge in [0.15, 0.2) is 0 Å². The molecule has 0 aliphatic carbocycles. The van der Waals surface area contributed by atoms with Crippen molar-refractivity contribution in [2.45, 2.75) is 39.5 Å². The number of anilines is 1. The Kier molecular flexibility index (Phi) is 5.39. The number of pyridine rings is 1. The lowest BCUT2D eigenvalue weighted by Gasteiger charge is -2.20. The van der Waals surface area contributed by atoms with Gasteiger partial charge >= 0.3 is 0 Å². The van der Waals surface area contributed by atoms with Crippen molar-refractivity contribution >= 4 is 11.7 Å². The van der Waals surface area contributed by atoms with Gasteiger partial charge in [-0.05, 0) is 43.9 Å². The summed E-state index contributed by atoms with van der Waals surface area (Å²) in [4.78, 5) is 22.2. The maximum atomic E-state index is 13.0. The molecule has 2 aliphatic rings. The van der Waals surface area contributed by atoms with E-state index >= 15 is 0 Å². The monoisotopic (exact) mass is 330 g/mol. The molecule has 1 aromatic heterocycles. The highest BCUT2D eigenvalue weighted by Gasteiger charge is 2.25. The summed E-state index contributed by atoms with van der Waals surface area (Å²) >= 11 is 0. The van der Waals surface area contributed by atoms with Gasteiger partial charge < -0.3 is 15.1 Å². The number of carbonyl (C=O) groups excluding carboxylic acids is 1. The summed E-state index contributed by atoms with van der Waals surface area (Å²) in [5, 5.41) is 3.43. The molecule has 0 spiro atoms. The molecular formula is C19H30N4O. The zero-order chi connectivity index (χ0) is 17.1. The first kappa shape index (κ1) is 17.2. The van der Waals surface area contributed by atoms with Gasteiger partial charge in [-0.15, -0.1) is 0 Å². The topological polar surface area (TPSA) is 48.5 Å². The predicted molar refractivity (Wildman–Crippen MR) is 97.6 cm³/mol. The summed E-state index contributed by atoms with van der Waals surface area (Å²) in [5.41, 5.74) is 3.17. The van der Waals surface area contributed by atoms with E-state index < -0.39 is 0 Å². The molecule has 3 rings (SSSR count). The fraction of sp³-hybridized carbons (Fsp3) is 0.684. The standard InChI is InChI=1S/C19H30N4O/c1-14(2)13-20-18-16(19(24)23-8-4-5-9-23)12-15-6-10-22(3)11-7-17(15)21-18/h12,14H,4-11,13H2,1-3H3,(H,20,21). The molecule has 3 heterocycles. The first-order valence-electron chi connectivity index (χ1n) is 9.29. The van der Waals surface area contributed by atoms with Gasteiger partial charge in [-0.25, -0.2) is 4.98 Å². The van der Waals surface area contributed by atoms with Crippen LogP contribution in [0.4, 0.5) is 5.82 Å². The average molecular weight is 330 g/mol. The largest absolute Gasteiger partial charge is 0.369 e. The molecule has 0 aromatic carbocycles. The third-order valence-corrected chi connectivity index (χ3v) is 4.99. The fourth-order valence-electron chi connectivity index (χ4n) is 3.43. The Morgan fingerprint density at radius 3 is 2.62 bits per heavy atom. The van der Waals surface area contributed by atoms with Gasteiger partial charge in [0.2, 0.25) is 0 Å². The highest BCUT2D eigenvalue weighted by atomic mass is 16.2. The molecule has 0 saturated carbocycles. The van der Waals surface area contributed by atoms with Crippen LogP contribution in [0.25, 0.3) is 0 Å². The maximum absolute atomic E-state index is 13.0. The Labute approximate surface area is 145 Å². The number of aromatic nitrogens is 1. The lowest BCUT2D eigenvalue weighted by atomic mass is 10.0. The second kappa shape index (κ2) is 7.51.